The van der Waals surface area contributed by atoms with Crippen molar-refractivity contribution < 1.29 is 23.1 Å². The minimum atomic E-state index is -3.45. The third-order valence-electron chi connectivity index (χ3n) is 3.18. The Hall–Kier alpha value is -1.76. The third kappa shape index (κ3) is 3.63. The van der Waals surface area contributed by atoms with Gasteiger partial charge in [-0.25, -0.2) is 13.2 Å². The van der Waals surface area contributed by atoms with Crippen LogP contribution >= 0.6 is 0 Å². The van der Waals surface area contributed by atoms with E-state index in [1.165, 1.54) is 25.2 Å². The second-order valence-electron chi connectivity index (χ2n) is 5.01. The number of sulfonamides is 1. The molecule has 0 aliphatic heterocycles. The van der Waals surface area contributed by atoms with Gasteiger partial charge in [0.25, 0.3) is 0 Å². The first-order valence-corrected chi connectivity index (χ1v) is 8.07. The van der Waals surface area contributed by atoms with Gasteiger partial charge in [-0.15, -0.1) is 0 Å². The summed E-state index contributed by atoms with van der Waals surface area (Å²) in [6.45, 7) is 0.533. The molecule has 0 radical (unpaired) electrons. The maximum absolute atomic E-state index is 11.5. The van der Waals surface area contributed by atoms with E-state index in [0.717, 1.165) is 23.4 Å². The second-order valence-corrected chi connectivity index (χ2v) is 7.02. The normalized spacial score (nSPS) is 14.9. The molecule has 0 aromatic heterocycles. The molecule has 0 saturated heterocycles. The number of hydrogen-bond acceptors (Lipinski definition) is 4. The summed E-state index contributed by atoms with van der Waals surface area (Å²) in [7, 11) is -2.07. The maximum Gasteiger partial charge on any atom is 0.335 e. The van der Waals surface area contributed by atoms with Crippen molar-refractivity contribution in [2.75, 3.05) is 24.2 Å². The van der Waals surface area contributed by atoms with Gasteiger partial charge in [0.2, 0.25) is 10.0 Å². The largest absolute Gasteiger partial charge is 0.493 e. The molecule has 110 valence electrons. The minimum Gasteiger partial charge on any atom is -0.493 e. The molecular formula is C13H17NO5S. The maximum atomic E-state index is 11.5. The molecule has 1 aliphatic carbocycles. The fraction of sp³-hybridized carbons (Fsp3) is 0.462. The fourth-order valence-corrected chi connectivity index (χ4v) is 2.15. The number of ether oxygens (including phenoxy) is 1. The van der Waals surface area contributed by atoms with Crippen molar-refractivity contribution in [3.63, 3.8) is 0 Å². The standard InChI is InChI=1S/C13H17NO5S/c1-14(20(2,17)18)11-5-10(13(15)16)6-12(7-11)19-8-9-3-4-9/h5-7,9H,3-4,8H2,1-2H3,(H,15,16). The van der Waals surface area contributed by atoms with Crippen molar-refractivity contribution in [1.82, 2.24) is 0 Å². The highest BCUT2D eigenvalue weighted by molar-refractivity contribution is 7.92. The molecule has 0 heterocycles. The number of carboxylic acids is 1. The summed E-state index contributed by atoms with van der Waals surface area (Å²) in [6.07, 6.45) is 3.30. The molecule has 1 fully saturated rings. The van der Waals surface area contributed by atoms with Gasteiger partial charge in [-0.05, 0) is 30.9 Å². The summed E-state index contributed by atoms with van der Waals surface area (Å²) >= 11 is 0. The highest BCUT2D eigenvalue weighted by Gasteiger charge is 2.22. The molecule has 0 bridgehead atoms. The van der Waals surface area contributed by atoms with Crippen LogP contribution in [0.15, 0.2) is 18.2 Å². The molecule has 1 aromatic carbocycles. The number of anilines is 1. The van der Waals surface area contributed by atoms with Crippen LogP contribution in [-0.4, -0.2) is 39.4 Å². The van der Waals surface area contributed by atoms with Crippen molar-refractivity contribution in [3.8, 4) is 5.75 Å². The third-order valence-corrected chi connectivity index (χ3v) is 4.39. The average molecular weight is 299 g/mol. The Morgan fingerprint density at radius 2 is 2.05 bits per heavy atom. The Bertz CT molecular complexity index is 622. The first kappa shape index (κ1) is 14.6. The number of carbonyl (C=O) groups is 1. The molecule has 1 aliphatic rings. The Labute approximate surface area is 118 Å². The van der Waals surface area contributed by atoms with Gasteiger partial charge in [0, 0.05) is 13.1 Å². The van der Waals surface area contributed by atoms with Gasteiger partial charge in [-0.3, -0.25) is 4.31 Å². The van der Waals surface area contributed by atoms with Crippen LogP contribution in [0.25, 0.3) is 0 Å². The molecule has 1 saturated carbocycles. The van der Waals surface area contributed by atoms with Crippen LogP contribution in [-0.2, 0) is 10.0 Å². The van der Waals surface area contributed by atoms with Gasteiger partial charge in [-0.1, -0.05) is 0 Å². The van der Waals surface area contributed by atoms with E-state index in [-0.39, 0.29) is 11.3 Å². The van der Waals surface area contributed by atoms with E-state index in [4.69, 9.17) is 9.84 Å². The summed E-state index contributed by atoms with van der Waals surface area (Å²) in [5, 5.41) is 9.08. The van der Waals surface area contributed by atoms with Gasteiger partial charge < -0.3 is 9.84 Å². The van der Waals surface area contributed by atoms with E-state index < -0.39 is 16.0 Å². The first-order chi connectivity index (χ1) is 9.27. The van der Waals surface area contributed by atoms with Crippen LogP contribution in [0, 0.1) is 5.92 Å². The van der Waals surface area contributed by atoms with Crippen molar-refractivity contribution in [3.05, 3.63) is 23.8 Å². The summed E-state index contributed by atoms with van der Waals surface area (Å²) in [6, 6.07) is 4.26. The lowest BCUT2D eigenvalue weighted by atomic mass is 10.2. The average Bonchev–Trinajstić information content (AvgIpc) is 3.18. The Morgan fingerprint density at radius 3 is 2.55 bits per heavy atom. The van der Waals surface area contributed by atoms with Crippen LogP contribution < -0.4 is 9.04 Å². The molecule has 20 heavy (non-hydrogen) atoms. The highest BCUT2D eigenvalue weighted by atomic mass is 32.2. The molecule has 0 spiro atoms. The SMILES string of the molecule is CN(c1cc(OCC2CC2)cc(C(=O)O)c1)S(C)(=O)=O. The lowest BCUT2D eigenvalue weighted by Gasteiger charge is -2.18. The number of hydrogen-bond donors (Lipinski definition) is 1. The van der Waals surface area contributed by atoms with Gasteiger partial charge in [0.15, 0.2) is 0 Å². The van der Waals surface area contributed by atoms with Crippen LogP contribution in [0.4, 0.5) is 5.69 Å². The summed E-state index contributed by atoms with van der Waals surface area (Å²) < 4.78 is 29.6. The molecular weight excluding hydrogens is 282 g/mol. The molecule has 0 amide bonds. The Kier molecular flexibility index (Phi) is 3.89. The molecule has 1 aromatic rings. The summed E-state index contributed by atoms with van der Waals surface area (Å²) in [5.74, 6) is -0.216. The van der Waals surface area contributed by atoms with Crippen molar-refractivity contribution in [2.24, 2.45) is 5.92 Å². The number of carboxylic acid groups (broad SMARTS) is 1. The number of aromatic carboxylic acids is 1. The summed E-state index contributed by atoms with van der Waals surface area (Å²) in [5.41, 5.74) is 0.280. The molecule has 6 nitrogen and oxygen atoms in total. The van der Waals surface area contributed by atoms with Crippen LogP contribution in [0.5, 0.6) is 5.75 Å². The van der Waals surface area contributed by atoms with Crippen molar-refractivity contribution in [1.29, 1.82) is 0 Å². The van der Waals surface area contributed by atoms with Gasteiger partial charge >= 0.3 is 5.97 Å². The van der Waals surface area contributed by atoms with E-state index >= 15 is 0 Å². The van der Waals surface area contributed by atoms with E-state index in [2.05, 4.69) is 0 Å². The Balaban J connectivity index is 2.31. The minimum absolute atomic E-state index is 0.00352. The summed E-state index contributed by atoms with van der Waals surface area (Å²) in [4.78, 5) is 11.1. The predicted octanol–water partition coefficient (Wildman–Crippen LogP) is 1.57. The molecule has 2 rings (SSSR count). The predicted molar refractivity (Wildman–Crippen MR) is 74.9 cm³/mol. The van der Waals surface area contributed by atoms with Gasteiger partial charge in [-0.2, -0.15) is 0 Å². The molecule has 7 heteroatoms. The second kappa shape index (κ2) is 5.32. The number of benzene rings is 1. The number of rotatable bonds is 6. The topological polar surface area (TPSA) is 83.9 Å². The van der Waals surface area contributed by atoms with Crippen LogP contribution in [0.3, 0.4) is 0 Å². The Morgan fingerprint density at radius 1 is 1.40 bits per heavy atom. The zero-order valence-electron chi connectivity index (χ0n) is 11.4. The fourth-order valence-electron chi connectivity index (χ4n) is 1.66. The molecule has 0 unspecified atom stereocenters. The monoisotopic (exact) mass is 299 g/mol. The van der Waals surface area contributed by atoms with Crippen LogP contribution in [0.1, 0.15) is 23.2 Å². The zero-order valence-corrected chi connectivity index (χ0v) is 12.2. The highest BCUT2D eigenvalue weighted by Crippen LogP contribution is 2.31. The number of nitrogens with zero attached hydrogens (tertiary/aromatic N) is 1. The van der Waals surface area contributed by atoms with E-state index in [1.807, 2.05) is 0 Å². The van der Waals surface area contributed by atoms with Crippen molar-refractivity contribution >= 4 is 21.7 Å². The smallest absolute Gasteiger partial charge is 0.335 e. The molecule has 0 atom stereocenters. The van der Waals surface area contributed by atoms with E-state index in [0.29, 0.717) is 18.3 Å². The lowest BCUT2D eigenvalue weighted by molar-refractivity contribution is 0.0696. The van der Waals surface area contributed by atoms with Crippen LogP contribution in [0.2, 0.25) is 0 Å². The zero-order chi connectivity index (χ0) is 14.9. The lowest BCUT2D eigenvalue weighted by Crippen LogP contribution is -2.25. The van der Waals surface area contributed by atoms with E-state index in [1.54, 1.807) is 0 Å². The van der Waals surface area contributed by atoms with E-state index in [9.17, 15) is 13.2 Å². The van der Waals surface area contributed by atoms with Crippen molar-refractivity contribution in [2.45, 2.75) is 12.8 Å². The van der Waals surface area contributed by atoms with Gasteiger partial charge in [0.05, 0.1) is 24.1 Å². The quantitative estimate of drug-likeness (QED) is 0.862. The molecule has 1 N–H and O–H groups in total. The first-order valence-electron chi connectivity index (χ1n) is 6.22. The van der Waals surface area contributed by atoms with Gasteiger partial charge in [0.1, 0.15) is 5.75 Å².